The summed E-state index contributed by atoms with van der Waals surface area (Å²) in [6.07, 6.45) is -1.20. The molecule has 0 unspecified atom stereocenters. The summed E-state index contributed by atoms with van der Waals surface area (Å²) in [5, 5.41) is 14.0. The number of amides is 1. The Kier molecular flexibility index (Phi) is 7.05. The summed E-state index contributed by atoms with van der Waals surface area (Å²) in [5.74, 6) is 0.909. The van der Waals surface area contributed by atoms with Crippen molar-refractivity contribution in [3.63, 3.8) is 0 Å². The Balaban J connectivity index is 1.62. The van der Waals surface area contributed by atoms with Crippen LogP contribution in [-0.2, 0) is 4.74 Å². The van der Waals surface area contributed by atoms with Gasteiger partial charge in [-0.3, -0.25) is 0 Å². The van der Waals surface area contributed by atoms with Crippen molar-refractivity contribution < 1.29 is 23.0 Å². The van der Waals surface area contributed by atoms with Crippen molar-refractivity contribution >= 4 is 22.7 Å². The highest BCUT2D eigenvalue weighted by atomic mass is 19.3. The average molecular weight is 485 g/mol. The molecule has 0 saturated carbocycles. The van der Waals surface area contributed by atoms with Gasteiger partial charge in [0.15, 0.2) is 5.82 Å². The summed E-state index contributed by atoms with van der Waals surface area (Å²) in [5.41, 5.74) is 0.459. The van der Waals surface area contributed by atoms with Crippen LogP contribution in [0.15, 0.2) is 42.5 Å². The number of benzene rings is 2. The molecule has 1 aromatic heterocycles. The standard InChI is InChI=1S/C26H30F2N4O3/c1-26(2,3)35-25(33)32-13-7-8-17(15-32)29-24-19-10-6-5-9-18(19)22(30-31-24)20-12-11-16(23(27)28)14-21(20)34-4/h5-6,9-12,14,17,23H,7-8,13,15H2,1-4H3,(H,29,31)/t17-/m1/s1. The van der Waals surface area contributed by atoms with Crippen molar-refractivity contribution in [2.24, 2.45) is 0 Å². The molecule has 0 bridgehead atoms. The zero-order valence-corrected chi connectivity index (χ0v) is 20.3. The number of hydrogen-bond donors (Lipinski definition) is 1. The Hall–Kier alpha value is -3.49. The third-order valence-electron chi connectivity index (χ3n) is 5.83. The molecule has 0 radical (unpaired) electrons. The molecule has 1 N–H and O–H groups in total. The normalized spacial score (nSPS) is 16.4. The molecule has 1 fully saturated rings. The minimum atomic E-state index is -2.59. The van der Waals surface area contributed by atoms with Gasteiger partial charge < -0.3 is 19.7 Å². The summed E-state index contributed by atoms with van der Waals surface area (Å²) >= 11 is 0. The van der Waals surface area contributed by atoms with Gasteiger partial charge in [-0.2, -0.15) is 0 Å². The monoisotopic (exact) mass is 484 g/mol. The number of carbonyl (C=O) groups excluding carboxylic acids is 1. The van der Waals surface area contributed by atoms with Crippen molar-refractivity contribution in [1.29, 1.82) is 0 Å². The predicted molar refractivity (Wildman–Crippen MR) is 131 cm³/mol. The van der Waals surface area contributed by atoms with E-state index in [0.29, 0.717) is 35.9 Å². The van der Waals surface area contributed by atoms with Crippen LogP contribution in [0.3, 0.4) is 0 Å². The first-order valence-corrected chi connectivity index (χ1v) is 11.6. The average Bonchev–Trinajstić information content (AvgIpc) is 2.83. The van der Waals surface area contributed by atoms with Crippen molar-refractivity contribution in [2.75, 3.05) is 25.5 Å². The number of likely N-dealkylation sites (tertiary alicyclic amines) is 1. The fraction of sp³-hybridized carbons (Fsp3) is 0.423. The third-order valence-corrected chi connectivity index (χ3v) is 5.83. The molecule has 186 valence electrons. The van der Waals surface area contributed by atoms with Gasteiger partial charge in [-0.1, -0.05) is 30.3 Å². The van der Waals surface area contributed by atoms with E-state index in [1.165, 1.54) is 19.2 Å². The number of fused-ring (bicyclic) bond motifs is 1. The summed E-state index contributed by atoms with van der Waals surface area (Å²) in [7, 11) is 1.44. The Morgan fingerprint density at radius 2 is 1.89 bits per heavy atom. The molecule has 0 aliphatic carbocycles. The maximum absolute atomic E-state index is 13.2. The lowest BCUT2D eigenvalue weighted by Gasteiger charge is -2.34. The van der Waals surface area contributed by atoms with Crippen LogP contribution in [0, 0.1) is 0 Å². The summed E-state index contributed by atoms with van der Waals surface area (Å²) in [6.45, 7) is 6.69. The number of nitrogens with zero attached hydrogens (tertiary/aromatic N) is 3. The van der Waals surface area contributed by atoms with Crippen LogP contribution >= 0.6 is 0 Å². The number of ether oxygens (including phenoxy) is 2. The van der Waals surface area contributed by atoms with Gasteiger partial charge in [-0.25, -0.2) is 13.6 Å². The molecule has 1 atom stereocenters. The van der Waals surface area contributed by atoms with Crippen LogP contribution in [0.4, 0.5) is 19.4 Å². The topological polar surface area (TPSA) is 76.6 Å². The largest absolute Gasteiger partial charge is 0.496 e. The minimum Gasteiger partial charge on any atom is -0.496 e. The van der Waals surface area contributed by atoms with Gasteiger partial charge in [0.05, 0.1) is 7.11 Å². The Morgan fingerprint density at radius 1 is 1.14 bits per heavy atom. The number of hydrogen-bond acceptors (Lipinski definition) is 6. The molecule has 9 heteroatoms. The van der Waals surface area contributed by atoms with Crippen LogP contribution in [0.2, 0.25) is 0 Å². The fourth-order valence-electron chi connectivity index (χ4n) is 4.23. The Bertz CT molecular complexity index is 1210. The van der Waals surface area contributed by atoms with E-state index in [9.17, 15) is 13.6 Å². The maximum atomic E-state index is 13.2. The Morgan fingerprint density at radius 3 is 2.57 bits per heavy atom. The van der Waals surface area contributed by atoms with E-state index in [0.717, 1.165) is 23.6 Å². The van der Waals surface area contributed by atoms with Gasteiger partial charge in [-0.15, -0.1) is 10.2 Å². The van der Waals surface area contributed by atoms with Crippen LogP contribution in [0.5, 0.6) is 5.75 Å². The SMILES string of the molecule is COc1cc(C(F)F)ccc1-c1nnc(N[C@@H]2CCCN(C(=O)OC(C)(C)C)C2)c2ccccc12. The van der Waals surface area contributed by atoms with E-state index in [1.807, 2.05) is 45.0 Å². The second kappa shape index (κ2) is 10.0. The van der Waals surface area contributed by atoms with E-state index >= 15 is 0 Å². The zero-order chi connectivity index (χ0) is 25.2. The Labute approximate surface area is 203 Å². The van der Waals surface area contributed by atoms with Crippen molar-refractivity contribution in [2.45, 2.75) is 51.7 Å². The number of carbonyl (C=O) groups is 1. The van der Waals surface area contributed by atoms with E-state index in [4.69, 9.17) is 9.47 Å². The summed E-state index contributed by atoms with van der Waals surface area (Å²) in [4.78, 5) is 14.3. The van der Waals surface area contributed by atoms with Gasteiger partial charge in [0.1, 0.15) is 17.0 Å². The molecule has 0 spiro atoms. The van der Waals surface area contributed by atoms with E-state index in [-0.39, 0.29) is 17.7 Å². The van der Waals surface area contributed by atoms with Crippen molar-refractivity contribution in [3.05, 3.63) is 48.0 Å². The number of halogens is 2. The third kappa shape index (κ3) is 5.61. The first-order chi connectivity index (χ1) is 16.7. The van der Waals surface area contributed by atoms with Crippen molar-refractivity contribution in [1.82, 2.24) is 15.1 Å². The van der Waals surface area contributed by atoms with Crippen molar-refractivity contribution in [3.8, 4) is 17.0 Å². The lowest BCUT2D eigenvalue weighted by molar-refractivity contribution is 0.0206. The lowest BCUT2D eigenvalue weighted by atomic mass is 10.0. The zero-order valence-electron chi connectivity index (χ0n) is 20.3. The van der Waals surface area contributed by atoms with Gasteiger partial charge in [0.25, 0.3) is 6.43 Å². The highest BCUT2D eigenvalue weighted by Gasteiger charge is 2.28. The summed E-state index contributed by atoms with van der Waals surface area (Å²) in [6, 6.07) is 11.9. The number of aromatic nitrogens is 2. The highest BCUT2D eigenvalue weighted by Crippen LogP contribution is 2.37. The number of piperidine rings is 1. The highest BCUT2D eigenvalue weighted by molar-refractivity contribution is 6.01. The van der Waals surface area contributed by atoms with E-state index < -0.39 is 12.0 Å². The molecule has 35 heavy (non-hydrogen) atoms. The number of alkyl halides is 2. The van der Waals surface area contributed by atoms with Crippen LogP contribution in [0.1, 0.15) is 45.6 Å². The maximum Gasteiger partial charge on any atom is 0.410 e. The number of anilines is 1. The van der Waals surface area contributed by atoms with Crippen LogP contribution in [-0.4, -0.2) is 53.0 Å². The fourth-order valence-corrected chi connectivity index (χ4v) is 4.23. The molecule has 2 aromatic carbocycles. The minimum absolute atomic E-state index is 0.0142. The second-order valence-electron chi connectivity index (χ2n) is 9.61. The molecule has 1 amide bonds. The number of methoxy groups -OCH3 is 1. The van der Waals surface area contributed by atoms with Gasteiger partial charge >= 0.3 is 6.09 Å². The quantitative estimate of drug-likeness (QED) is 0.475. The predicted octanol–water partition coefficient (Wildman–Crippen LogP) is 6.05. The molecule has 1 aliphatic heterocycles. The van der Waals surface area contributed by atoms with Gasteiger partial charge in [-0.05, 0) is 45.7 Å². The summed E-state index contributed by atoms with van der Waals surface area (Å²) < 4.78 is 37.3. The molecule has 2 heterocycles. The lowest BCUT2D eigenvalue weighted by Crippen LogP contribution is -2.47. The van der Waals surface area contributed by atoms with Crippen LogP contribution < -0.4 is 10.1 Å². The van der Waals surface area contributed by atoms with Gasteiger partial charge in [0, 0.05) is 41.0 Å². The first-order valence-electron chi connectivity index (χ1n) is 11.6. The molecule has 1 aliphatic rings. The molecular weight excluding hydrogens is 454 g/mol. The molecule has 1 saturated heterocycles. The van der Waals surface area contributed by atoms with E-state index in [1.54, 1.807) is 11.0 Å². The van der Waals surface area contributed by atoms with Crippen LogP contribution in [0.25, 0.3) is 22.0 Å². The first kappa shape index (κ1) is 24.6. The molecule has 4 rings (SSSR count). The number of rotatable bonds is 5. The smallest absolute Gasteiger partial charge is 0.410 e. The molecule has 7 nitrogen and oxygen atoms in total. The number of nitrogens with one attached hydrogen (secondary N) is 1. The molecular formula is C26H30F2N4O3. The second-order valence-corrected chi connectivity index (χ2v) is 9.61. The van der Waals surface area contributed by atoms with E-state index in [2.05, 4.69) is 15.5 Å². The molecule has 3 aromatic rings. The van der Waals surface area contributed by atoms with Gasteiger partial charge in [0.2, 0.25) is 0 Å².